The summed E-state index contributed by atoms with van der Waals surface area (Å²) >= 11 is 0. The van der Waals surface area contributed by atoms with Crippen molar-refractivity contribution in [2.75, 3.05) is 18.4 Å². The van der Waals surface area contributed by atoms with Crippen molar-refractivity contribution in [1.29, 1.82) is 0 Å². The van der Waals surface area contributed by atoms with Crippen molar-refractivity contribution in [2.45, 2.75) is 19.1 Å². The van der Waals surface area contributed by atoms with E-state index in [-0.39, 0.29) is 19.5 Å². The molecule has 3 rings (SSSR count). The second-order valence-electron chi connectivity index (χ2n) is 6.17. The average molecular weight is 382 g/mol. The molecule has 4 N–H and O–H groups in total. The van der Waals surface area contributed by atoms with Gasteiger partial charge in [-0.1, -0.05) is 0 Å². The number of likely N-dealkylation sites (tertiary alicyclic amines) is 1. The predicted molar refractivity (Wildman–Crippen MR) is 89.1 cm³/mol. The zero-order valence-corrected chi connectivity index (χ0v) is 14.1. The van der Waals surface area contributed by atoms with Crippen molar-refractivity contribution in [3.8, 4) is 11.4 Å². The number of nitrogens with two attached hydrogens (primary N) is 1. The van der Waals surface area contributed by atoms with E-state index in [1.165, 1.54) is 0 Å². The normalized spacial score (nSPS) is 17.4. The van der Waals surface area contributed by atoms with Gasteiger partial charge in [0.25, 0.3) is 0 Å². The monoisotopic (exact) mass is 382 g/mol. The summed E-state index contributed by atoms with van der Waals surface area (Å²) < 4.78 is 37.3. The summed E-state index contributed by atoms with van der Waals surface area (Å²) in [5.41, 5.74) is 6.63. The first-order valence-electron chi connectivity index (χ1n) is 8.12. The van der Waals surface area contributed by atoms with E-state index in [1.54, 1.807) is 24.3 Å². The summed E-state index contributed by atoms with van der Waals surface area (Å²) in [7, 11) is 0. The lowest BCUT2D eigenvalue weighted by molar-refractivity contribution is -0.157. The number of benzene rings is 1. The summed E-state index contributed by atoms with van der Waals surface area (Å²) in [5.74, 6) is -0.999. The Morgan fingerprint density at radius 1 is 1.33 bits per heavy atom. The van der Waals surface area contributed by atoms with Gasteiger partial charge in [-0.05, 0) is 24.3 Å². The highest BCUT2D eigenvalue weighted by Gasteiger charge is 2.40. The SMILES string of the molecule is NCc1nc(-c2ccc(NC(=O)C3CC(=O)N(CC(F)(F)F)C3)cc2)n[nH]1. The van der Waals surface area contributed by atoms with Crippen LogP contribution in [-0.4, -0.2) is 51.2 Å². The van der Waals surface area contributed by atoms with Crippen molar-refractivity contribution >= 4 is 17.5 Å². The van der Waals surface area contributed by atoms with Crippen LogP contribution in [0.2, 0.25) is 0 Å². The molecule has 1 aliphatic rings. The molecule has 2 heterocycles. The molecule has 0 aliphatic carbocycles. The maximum absolute atomic E-state index is 12.4. The van der Waals surface area contributed by atoms with E-state index in [1.807, 2.05) is 0 Å². The molecule has 0 radical (unpaired) electrons. The van der Waals surface area contributed by atoms with Gasteiger partial charge in [0.1, 0.15) is 12.4 Å². The zero-order valence-electron chi connectivity index (χ0n) is 14.1. The third kappa shape index (κ3) is 4.61. The molecule has 1 aliphatic heterocycles. The first-order valence-corrected chi connectivity index (χ1v) is 8.12. The van der Waals surface area contributed by atoms with Crippen LogP contribution in [0.5, 0.6) is 0 Å². The minimum Gasteiger partial charge on any atom is -0.333 e. The largest absolute Gasteiger partial charge is 0.406 e. The van der Waals surface area contributed by atoms with Gasteiger partial charge in [-0.3, -0.25) is 14.7 Å². The van der Waals surface area contributed by atoms with Gasteiger partial charge >= 0.3 is 6.18 Å². The number of aromatic amines is 1. The Labute approximate surface area is 151 Å². The molecule has 0 spiro atoms. The first-order chi connectivity index (χ1) is 12.7. The fourth-order valence-corrected chi connectivity index (χ4v) is 2.78. The van der Waals surface area contributed by atoms with Crippen LogP contribution in [-0.2, 0) is 16.1 Å². The lowest BCUT2D eigenvalue weighted by atomic mass is 10.1. The van der Waals surface area contributed by atoms with Crippen LogP contribution in [0.3, 0.4) is 0 Å². The van der Waals surface area contributed by atoms with Crippen LogP contribution in [0.15, 0.2) is 24.3 Å². The van der Waals surface area contributed by atoms with Crippen molar-refractivity contribution < 1.29 is 22.8 Å². The molecule has 2 aromatic rings. The molecule has 11 heteroatoms. The van der Waals surface area contributed by atoms with Gasteiger partial charge in [0, 0.05) is 24.2 Å². The van der Waals surface area contributed by atoms with E-state index in [2.05, 4.69) is 20.5 Å². The second-order valence-corrected chi connectivity index (χ2v) is 6.17. The summed E-state index contributed by atoms with van der Waals surface area (Å²) in [5, 5.41) is 9.32. The number of hydrogen-bond donors (Lipinski definition) is 3. The average Bonchev–Trinajstić information content (AvgIpc) is 3.21. The molecule has 0 saturated carbocycles. The standard InChI is InChI=1S/C16H17F3N6O2/c17-16(18,19)8-25-7-10(5-13(25)26)15(27)21-11-3-1-9(2-4-11)14-22-12(6-20)23-24-14/h1-4,10H,5-8,20H2,(H,21,27)(H,22,23,24). The Morgan fingerprint density at radius 3 is 2.63 bits per heavy atom. The molecule has 144 valence electrons. The summed E-state index contributed by atoms with van der Waals surface area (Å²) in [6.45, 7) is -1.36. The third-order valence-electron chi connectivity index (χ3n) is 4.09. The summed E-state index contributed by atoms with van der Waals surface area (Å²) in [6, 6.07) is 6.62. The number of carbonyl (C=O) groups excluding carboxylic acids is 2. The minimum atomic E-state index is -4.49. The van der Waals surface area contributed by atoms with Gasteiger partial charge in [-0.15, -0.1) is 0 Å². The number of nitrogens with one attached hydrogen (secondary N) is 2. The number of alkyl halides is 3. The Bertz CT molecular complexity index is 833. The van der Waals surface area contributed by atoms with E-state index in [0.29, 0.717) is 27.8 Å². The highest BCUT2D eigenvalue weighted by Crippen LogP contribution is 2.25. The van der Waals surface area contributed by atoms with Crippen LogP contribution in [0.25, 0.3) is 11.4 Å². The van der Waals surface area contributed by atoms with E-state index in [4.69, 9.17) is 5.73 Å². The minimum absolute atomic E-state index is 0.229. The number of halogens is 3. The number of anilines is 1. The number of amides is 2. The topological polar surface area (TPSA) is 117 Å². The fourth-order valence-electron chi connectivity index (χ4n) is 2.78. The first kappa shape index (κ1) is 18.8. The Kier molecular flexibility index (Phi) is 5.13. The maximum Gasteiger partial charge on any atom is 0.406 e. The molecule has 1 saturated heterocycles. The van der Waals surface area contributed by atoms with Crippen LogP contribution in [0, 0.1) is 5.92 Å². The lowest BCUT2D eigenvalue weighted by Crippen LogP contribution is -2.36. The number of hydrogen-bond acceptors (Lipinski definition) is 5. The maximum atomic E-state index is 12.4. The molecule has 1 aromatic carbocycles. The van der Waals surface area contributed by atoms with Crippen LogP contribution >= 0.6 is 0 Å². The van der Waals surface area contributed by atoms with Gasteiger partial charge in [-0.25, -0.2) is 4.98 Å². The van der Waals surface area contributed by atoms with Crippen LogP contribution in [0.1, 0.15) is 12.2 Å². The van der Waals surface area contributed by atoms with E-state index < -0.39 is 30.5 Å². The molecule has 8 nitrogen and oxygen atoms in total. The fraction of sp³-hybridized carbons (Fsp3) is 0.375. The van der Waals surface area contributed by atoms with E-state index in [0.717, 1.165) is 0 Å². The predicted octanol–water partition coefficient (Wildman–Crippen LogP) is 1.28. The zero-order chi connectivity index (χ0) is 19.6. The molecule has 1 fully saturated rings. The third-order valence-corrected chi connectivity index (χ3v) is 4.09. The van der Waals surface area contributed by atoms with Crippen molar-refractivity contribution in [3.05, 3.63) is 30.1 Å². The molecule has 1 unspecified atom stereocenters. The van der Waals surface area contributed by atoms with Gasteiger partial charge in [-0.2, -0.15) is 18.3 Å². The van der Waals surface area contributed by atoms with Gasteiger partial charge in [0.2, 0.25) is 11.8 Å². The van der Waals surface area contributed by atoms with Crippen molar-refractivity contribution in [3.63, 3.8) is 0 Å². The van der Waals surface area contributed by atoms with E-state index in [9.17, 15) is 22.8 Å². The molecule has 27 heavy (non-hydrogen) atoms. The number of carbonyl (C=O) groups is 2. The second kappa shape index (κ2) is 7.35. The van der Waals surface area contributed by atoms with Crippen LogP contribution in [0.4, 0.5) is 18.9 Å². The number of rotatable bonds is 5. The highest BCUT2D eigenvalue weighted by molar-refractivity contribution is 5.97. The highest BCUT2D eigenvalue weighted by atomic mass is 19.4. The molecule has 1 aromatic heterocycles. The van der Waals surface area contributed by atoms with Gasteiger partial charge < -0.3 is 16.0 Å². The van der Waals surface area contributed by atoms with Gasteiger partial charge in [0.05, 0.1) is 12.5 Å². The van der Waals surface area contributed by atoms with Crippen molar-refractivity contribution in [1.82, 2.24) is 20.1 Å². The molecule has 1 atom stereocenters. The quantitative estimate of drug-likeness (QED) is 0.720. The summed E-state index contributed by atoms with van der Waals surface area (Å²) in [6.07, 6.45) is -4.72. The Hall–Kier alpha value is -2.95. The smallest absolute Gasteiger partial charge is 0.333 e. The molecular weight excluding hydrogens is 365 g/mol. The lowest BCUT2D eigenvalue weighted by Gasteiger charge is -2.18. The van der Waals surface area contributed by atoms with E-state index >= 15 is 0 Å². The van der Waals surface area contributed by atoms with Crippen LogP contribution < -0.4 is 11.1 Å². The van der Waals surface area contributed by atoms with Gasteiger partial charge in [0.15, 0.2) is 5.82 Å². The molecule has 0 bridgehead atoms. The number of H-pyrrole nitrogens is 1. The molecular formula is C16H17F3N6O2. The number of aromatic nitrogens is 3. The number of nitrogens with zero attached hydrogens (tertiary/aromatic N) is 3. The Morgan fingerprint density at radius 2 is 2.04 bits per heavy atom. The molecule has 2 amide bonds. The van der Waals surface area contributed by atoms with Crippen molar-refractivity contribution in [2.24, 2.45) is 11.7 Å². The summed E-state index contributed by atoms with van der Waals surface area (Å²) in [4.78, 5) is 28.8. The Balaban J connectivity index is 1.60.